The van der Waals surface area contributed by atoms with Gasteiger partial charge in [0.2, 0.25) is 0 Å². The number of hydrogen-bond donors (Lipinski definition) is 0. The van der Waals surface area contributed by atoms with Crippen LogP contribution in [0.4, 0.5) is 0 Å². The van der Waals surface area contributed by atoms with E-state index in [2.05, 4.69) is 22.8 Å². The van der Waals surface area contributed by atoms with E-state index in [4.69, 9.17) is 0 Å². The molecule has 2 unspecified atom stereocenters. The summed E-state index contributed by atoms with van der Waals surface area (Å²) in [6, 6.07) is 7.94. The van der Waals surface area contributed by atoms with Crippen molar-refractivity contribution in [3.8, 4) is 0 Å². The first-order chi connectivity index (χ1) is 9.95. The Hall–Kier alpha value is -1.24. The van der Waals surface area contributed by atoms with Crippen LogP contribution in [0.5, 0.6) is 0 Å². The number of para-hydroxylation sites is 1. The third kappa shape index (κ3) is 1.34. The first-order valence-corrected chi connectivity index (χ1v) is 8.60. The maximum absolute atomic E-state index is 2.81. The summed E-state index contributed by atoms with van der Waals surface area (Å²) in [5, 5.41) is 1.61. The minimum absolute atomic E-state index is 0.797. The van der Waals surface area contributed by atoms with Gasteiger partial charge in [0, 0.05) is 23.0 Å². The molecule has 1 fully saturated rings. The molecule has 1 aromatic carbocycles. The molecule has 1 aromatic heterocycles. The van der Waals surface area contributed by atoms with E-state index >= 15 is 0 Å². The highest BCUT2D eigenvalue weighted by molar-refractivity contribution is 5.90. The van der Waals surface area contributed by atoms with E-state index < -0.39 is 0 Å². The first kappa shape index (κ1) is 11.4. The van der Waals surface area contributed by atoms with Crippen molar-refractivity contribution in [2.75, 3.05) is 0 Å². The van der Waals surface area contributed by atoms with Crippen LogP contribution < -0.4 is 0 Å². The third-order valence-corrected chi connectivity index (χ3v) is 6.07. The van der Waals surface area contributed by atoms with E-state index in [1.165, 1.54) is 57.8 Å². The highest BCUT2D eigenvalue weighted by Crippen LogP contribution is 2.52. The number of rotatable bonds is 0. The predicted molar refractivity (Wildman–Crippen MR) is 83.4 cm³/mol. The molecule has 20 heavy (non-hydrogen) atoms. The average Bonchev–Trinajstić information content (AvgIpc) is 2.87. The van der Waals surface area contributed by atoms with Crippen molar-refractivity contribution in [3.63, 3.8) is 0 Å². The lowest BCUT2D eigenvalue weighted by atomic mass is 9.81. The number of aryl methyl sites for hydroxylation is 1. The van der Waals surface area contributed by atoms with Crippen molar-refractivity contribution in [1.29, 1.82) is 0 Å². The molecule has 5 rings (SSSR count). The maximum atomic E-state index is 2.81. The number of benzene rings is 1. The zero-order chi connectivity index (χ0) is 13.1. The molecule has 0 amide bonds. The topological polar surface area (TPSA) is 4.93 Å². The van der Waals surface area contributed by atoms with E-state index in [0.717, 1.165) is 12.0 Å². The van der Waals surface area contributed by atoms with E-state index in [9.17, 15) is 0 Å². The molecule has 0 bridgehead atoms. The Labute approximate surface area is 121 Å². The molecule has 2 aromatic rings. The molecule has 104 valence electrons. The van der Waals surface area contributed by atoms with Crippen LogP contribution in [-0.2, 0) is 12.8 Å². The molecule has 1 aliphatic heterocycles. The van der Waals surface area contributed by atoms with E-state index in [0.29, 0.717) is 0 Å². The van der Waals surface area contributed by atoms with Crippen molar-refractivity contribution in [1.82, 2.24) is 4.57 Å². The van der Waals surface area contributed by atoms with Crippen molar-refractivity contribution in [3.05, 3.63) is 35.0 Å². The van der Waals surface area contributed by atoms with Crippen LogP contribution in [0.2, 0.25) is 0 Å². The van der Waals surface area contributed by atoms with Gasteiger partial charge in [-0.15, -0.1) is 0 Å². The maximum Gasteiger partial charge on any atom is 0.0524 e. The van der Waals surface area contributed by atoms with Crippen LogP contribution in [0.3, 0.4) is 0 Å². The van der Waals surface area contributed by atoms with Gasteiger partial charge in [-0.3, -0.25) is 0 Å². The summed E-state index contributed by atoms with van der Waals surface area (Å²) in [6.45, 7) is 0. The van der Waals surface area contributed by atoms with Gasteiger partial charge in [0.05, 0.1) is 5.52 Å². The second-order valence-corrected chi connectivity index (χ2v) is 7.06. The summed E-state index contributed by atoms with van der Waals surface area (Å²) >= 11 is 0. The molecule has 0 radical (unpaired) electrons. The van der Waals surface area contributed by atoms with Crippen molar-refractivity contribution >= 4 is 10.9 Å². The lowest BCUT2D eigenvalue weighted by Gasteiger charge is -2.29. The van der Waals surface area contributed by atoms with Gasteiger partial charge < -0.3 is 4.57 Å². The predicted octanol–water partition coefficient (Wildman–Crippen LogP) is 5.12. The summed E-state index contributed by atoms with van der Waals surface area (Å²) < 4.78 is 2.81. The summed E-state index contributed by atoms with van der Waals surface area (Å²) in [5.74, 6) is 0.830. The molecule has 1 nitrogen and oxygen atoms in total. The number of nitrogens with zero attached hydrogens (tertiary/aromatic N) is 1. The zero-order valence-electron chi connectivity index (χ0n) is 12.2. The van der Waals surface area contributed by atoms with Crippen LogP contribution in [-0.4, -0.2) is 4.57 Å². The van der Waals surface area contributed by atoms with Gasteiger partial charge >= 0.3 is 0 Å². The van der Waals surface area contributed by atoms with Gasteiger partial charge in [0.1, 0.15) is 0 Å². The van der Waals surface area contributed by atoms with Crippen molar-refractivity contribution < 1.29 is 0 Å². The normalized spacial score (nSPS) is 28.2. The standard InChI is InChI=1S/C19H23N/c1-2-7-13-15-9-6-10-16-14-8-4-5-12-18(14)20(19(15)16)17(13)11-3-1/h6,9-10,14,18H,1-5,7-8,11-12H2. The Morgan fingerprint density at radius 2 is 1.80 bits per heavy atom. The van der Waals surface area contributed by atoms with Crippen LogP contribution >= 0.6 is 0 Å². The quantitative estimate of drug-likeness (QED) is 0.582. The SMILES string of the molecule is c1cc2c3c(c1)c1c(n3C3CCCCC23)CCCCC1. The second-order valence-electron chi connectivity index (χ2n) is 7.06. The van der Waals surface area contributed by atoms with E-state index in [1.807, 2.05) is 0 Å². The first-order valence-electron chi connectivity index (χ1n) is 8.60. The van der Waals surface area contributed by atoms with E-state index in [1.54, 1.807) is 27.7 Å². The van der Waals surface area contributed by atoms with Gasteiger partial charge in [-0.2, -0.15) is 0 Å². The second kappa shape index (κ2) is 4.13. The molecule has 2 atom stereocenters. The van der Waals surface area contributed by atoms with Gasteiger partial charge in [-0.25, -0.2) is 0 Å². The molecule has 3 aliphatic rings. The molecular weight excluding hydrogens is 242 g/mol. The minimum atomic E-state index is 0.797. The van der Waals surface area contributed by atoms with E-state index in [-0.39, 0.29) is 0 Å². The molecule has 0 spiro atoms. The fraction of sp³-hybridized carbons (Fsp3) is 0.579. The van der Waals surface area contributed by atoms with Crippen molar-refractivity contribution in [2.24, 2.45) is 0 Å². The van der Waals surface area contributed by atoms with Gasteiger partial charge in [-0.1, -0.05) is 37.5 Å². The van der Waals surface area contributed by atoms with Gasteiger partial charge in [0.15, 0.2) is 0 Å². The fourth-order valence-corrected chi connectivity index (χ4v) is 5.28. The molecule has 2 heterocycles. The highest BCUT2D eigenvalue weighted by Gasteiger charge is 2.38. The summed E-state index contributed by atoms with van der Waals surface area (Å²) in [7, 11) is 0. The largest absolute Gasteiger partial charge is 0.340 e. The number of hydrogen-bond acceptors (Lipinski definition) is 0. The highest BCUT2D eigenvalue weighted by atomic mass is 15.1. The minimum Gasteiger partial charge on any atom is -0.340 e. The van der Waals surface area contributed by atoms with Crippen molar-refractivity contribution in [2.45, 2.75) is 69.7 Å². The van der Waals surface area contributed by atoms with Gasteiger partial charge in [0.25, 0.3) is 0 Å². The molecule has 2 aliphatic carbocycles. The monoisotopic (exact) mass is 265 g/mol. The Kier molecular flexibility index (Phi) is 2.36. The van der Waals surface area contributed by atoms with Crippen LogP contribution in [0.1, 0.15) is 73.7 Å². The summed E-state index contributed by atoms with van der Waals surface area (Å²) in [4.78, 5) is 0. The molecule has 0 N–H and O–H groups in total. The lowest BCUT2D eigenvalue weighted by molar-refractivity contribution is 0.325. The Morgan fingerprint density at radius 1 is 0.900 bits per heavy atom. The molecule has 1 heteroatoms. The molecular formula is C19H23N. The Morgan fingerprint density at radius 3 is 2.80 bits per heavy atom. The van der Waals surface area contributed by atoms with Crippen LogP contribution in [0, 0.1) is 0 Å². The number of aromatic nitrogens is 1. The third-order valence-electron chi connectivity index (χ3n) is 6.07. The van der Waals surface area contributed by atoms with Crippen LogP contribution in [0.25, 0.3) is 10.9 Å². The lowest BCUT2D eigenvalue weighted by Crippen LogP contribution is -2.17. The zero-order valence-corrected chi connectivity index (χ0v) is 12.2. The summed E-state index contributed by atoms with van der Waals surface area (Å²) in [5.41, 5.74) is 6.75. The summed E-state index contributed by atoms with van der Waals surface area (Å²) in [6.07, 6.45) is 12.6. The molecule has 0 saturated heterocycles. The average molecular weight is 265 g/mol. The fourth-order valence-electron chi connectivity index (χ4n) is 5.28. The van der Waals surface area contributed by atoms with Crippen LogP contribution in [0.15, 0.2) is 18.2 Å². The molecule has 1 saturated carbocycles. The smallest absolute Gasteiger partial charge is 0.0524 e. The van der Waals surface area contributed by atoms with Gasteiger partial charge in [-0.05, 0) is 49.7 Å². The Bertz CT molecular complexity index is 679. The Balaban J connectivity index is 1.83. The number of fused-ring (bicyclic) bond motifs is 6.